The standard InChI is InChI=1S/C14H20N4/c1-4-18-13(9-11(2)17-18)10-16-12(3)14-7-5-6-8-15-14/h5-9,12,16H,4,10H2,1-3H3. The van der Waals surface area contributed by atoms with Crippen molar-refractivity contribution < 1.29 is 0 Å². The summed E-state index contributed by atoms with van der Waals surface area (Å²) in [6.07, 6.45) is 1.83. The first-order chi connectivity index (χ1) is 8.70. The second kappa shape index (κ2) is 5.78. The summed E-state index contributed by atoms with van der Waals surface area (Å²) < 4.78 is 2.04. The maximum absolute atomic E-state index is 4.44. The molecule has 0 aliphatic rings. The predicted octanol–water partition coefficient (Wildman–Crippen LogP) is 2.46. The molecule has 2 aromatic rings. The molecule has 0 aromatic carbocycles. The fourth-order valence-electron chi connectivity index (χ4n) is 2.01. The lowest BCUT2D eigenvalue weighted by Gasteiger charge is -2.13. The van der Waals surface area contributed by atoms with E-state index in [0.29, 0.717) is 0 Å². The van der Waals surface area contributed by atoms with Gasteiger partial charge in [-0.05, 0) is 39.0 Å². The van der Waals surface area contributed by atoms with Gasteiger partial charge < -0.3 is 5.32 Å². The van der Waals surface area contributed by atoms with Gasteiger partial charge in [-0.3, -0.25) is 9.67 Å². The monoisotopic (exact) mass is 244 g/mol. The molecule has 0 amide bonds. The van der Waals surface area contributed by atoms with Crippen LogP contribution in [0.5, 0.6) is 0 Å². The Balaban J connectivity index is 1.99. The molecular formula is C14H20N4. The van der Waals surface area contributed by atoms with E-state index < -0.39 is 0 Å². The van der Waals surface area contributed by atoms with Crippen LogP contribution in [0.15, 0.2) is 30.5 Å². The summed E-state index contributed by atoms with van der Waals surface area (Å²) in [7, 11) is 0. The number of hydrogen-bond acceptors (Lipinski definition) is 3. The van der Waals surface area contributed by atoms with E-state index in [2.05, 4.69) is 35.3 Å². The highest BCUT2D eigenvalue weighted by Gasteiger charge is 2.08. The maximum atomic E-state index is 4.44. The van der Waals surface area contributed by atoms with E-state index in [1.54, 1.807) is 0 Å². The van der Waals surface area contributed by atoms with Crippen LogP contribution in [0, 0.1) is 6.92 Å². The van der Waals surface area contributed by atoms with Crippen molar-refractivity contribution in [3.05, 3.63) is 47.5 Å². The zero-order valence-electron chi connectivity index (χ0n) is 11.2. The van der Waals surface area contributed by atoms with Gasteiger partial charge in [-0.25, -0.2) is 0 Å². The van der Waals surface area contributed by atoms with Gasteiger partial charge >= 0.3 is 0 Å². The summed E-state index contributed by atoms with van der Waals surface area (Å²) in [6, 6.07) is 8.36. The Morgan fingerprint density at radius 1 is 1.39 bits per heavy atom. The second-order valence-electron chi connectivity index (χ2n) is 4.45. The minimum absolute atomic E-state index is 0.242. The SMILES string of the molecule is CCn1nc(C)cc1CNC(C)c1ccccn1. The van der Waals surface area contributed by atoms with Crippen molar-refractivity contribution in [3.63, 3.8) is 0 Å². The van der Waals surface area contributed by atoms with Crippen LogP contribution in [0.25, 0.3) is 0 Å². The maximum Gasteiger partial charge on any atom is 0.0597 e. The van der Waals surface area contributed by atoms with Gasteiger partial charge in [-0.1, -0.05) is 6.07 Å². The summed E-state index contributed by atoms with van der Waals surface area (Å²) in [5.74, 6) is 0. The van der Waals surface area contributed by atoms with Crippen molar-refractivity contribution in [1.82, 2.24) is 20.1 Å². The lowest BCUT2D eigenvalue weighted by molar-refractivity contribution is 0.523. The lowest BCUT2D eigenvalue weighted by atomic mass is 10.2. The molecule has 4 nitrogen and oxygen atoms in total. The Bertz CT molecular complexity index is 490. The molecule has 2 rings (SSSR count). The predicted molar refractivity (Wildman–Crippen MR) is 72.1 cm³/mol. The van der Waals surface area contributed by atoms with Crippen molar-refractivity contribution in [2.75, 3.05) is 0 Å². The van der Waals surface area contributed by atoms with Gasteiger partial charge in [0.05, 0.1) is 17.1 Å². The number of rotatable bonds is 5. The van der Waals surface area contributed by atoms with Crippen LogP contribution in [0.1, 0.15) is 37.0 Å². The van der Waals surface area contributed by atoms with E-state index >= 15 is 0 Å². The van der Waals surface area contributed by atoms with Crippen LogP contribution in [0.3, 0.4) is 0 Å². The molecule has 96 valence electrons. The zero-order valence-corrected chi connectivity index (χ0v) is 11.2. The Morgan fingerprint density at radius 3 is 2.89 bits per heavy atom. The Kier molecular flexibility index (Phi) is 4.10. The molecule has 0 aliphatic heterocycles. The van der Waals surface area contributed by atoms with Crippen molar-refractivity contribution in [2.24, 2.45) is 0 Å². The number of aryl methyl sites for hydroxylation is 2. The fraction of sp³-hybridized carbons (Fsp3) is 0.429. The van der Waals surface area contributed by atoms with E-state index in [-0.39, 0.29) is 6.04 Å². The Hall–Kier alpha value is -1.68. The lowest BCUT2D eigenvalue weighted by Crippen LogP contribution is -2.21. The summed E-state index contributed by atoms with van der Waals surface area (Å²) in [5, 5.41) is 7.92. The smallest absolute Gasteiger partial charge is 0.0597 e. The van der Waals surface area contributed by atoms with Gasteiger partial charge in [0.15, 0.2) is 0 Å². The van der Waals surface area contributed by atoms with Crippen LogP contribution < -0.4 is 5.32 Å². The highest BCUT2D eigenvalue weighted by Crippen LogP contribution is 2.10. The molecule has 2 heterocycles. The van der Waals surface area contributed by atoms with E-state index in [9.17, 15) is 0 Å². The number of hydrogen-bond donors (Lipinski definition) is 1. The van der Waals surface area contributed by atoms with E-state index in [1.807, 2.05) is 36.0 Å². The van der Waals surface area contributed by atoms with Crippen molar-refractivity contribution in [3.8, 4) is 0 Å². The van der Waals surface area contributed by atoms with Gasteiger partial charge in [-0.2, -0.15) is 5.10 Å². The van der Waals surface area contributed by atoms with Crippen LogP contribution >= 0.6 is 0 Å². The minimum atomic E-state index is 0.242. The molecule has 4 heteroatoms. The van der Waals surface area contributed by atoms with E-state index in [1.165, 1.54) is 5.69 Å². The molecule has 0 radical (unpaired) electrons. The first-order valence-electron chi connectivity index (χ1n) is 6.38. The number of pyridine rings is 1. The van der Waals surface area contributed by atoms with Gasteiger partial charge in [0, 0.05) is 25.3 Å². The normalized spacial score (nSPS) is 12.6. The first kappa shape index (κ1) is 12.8. The zero-order chi connectivity index (χ0) is 13.0. The number of nitrogens with one attached hydrogen (secondary N) is 1. The van der Waals surface area contributed by atoms with Crippen LogP contribution in [-0.4, -0.2) is 14.8 Å². The van der Waals surface area contributed by atoms with Gasteiger partial charge in [0.25, 0.3) is 0 Å². The summed E-state index contributed by atoms with van der Waals surface area (Å²) in [6.45, 7) is 7.98. The quantitative estimate of drug-likeness (QED) is 0.878. The Labute approximate surface area is 108 Å². The second-order valence-corrected chi connectivity index (χ2v) is 4.45. The summed E-state index contributed by atoms with van der Waals surface area (Å²) >= 11 is 0. The molecular weight excluding hydrogens is 224 g/mol. The number of aromatic nitrogens is 3. The molecule has 1 unspecified atom stereocenters. The summed E-state index contributed by atoms with van der Waals surface area (Å²) in [4.78, 5) is 4.35. The fourth-order valence-corrected chi connectivity index (χ4v) is 2.01. The van der Waals surface area contributed by atoms with Crippen molar-refractivity contribution >= 4 is 0 Å². The molecule has 0 bridgehead atoms. The van der Waals surface area contributed by atoms with Crippen LogP contribution in [0.4, 0.5) is 0 Å². The third-order valence-electron chi connectivity index (χ3n) is 3.01. The van der Waals surface area contributed by atoms with Crippen LogP contribution in [-0.2, 0) is 13.1 Å². The molecule has 0 fully saturated rings. The topological polar surface area (TPSA) is 42.7 Å². The first-order valence-corrected chi connectivity index (χ1v) is 6.38. The van der Waals surface area contributed by atoms with Gasteiger partial charge in [0.2, 0.25) is 0 Å². The molecule has 1 atom stereocenters. The minimum Gasteiger partial charge on any atom is -0.303 e. The molecule has 1 N–H and O–H groups in total. The molecule has 18 heavy (non-hydrogen) atoms. The molecule has 0 aliphatic carbocycles. The highest BCUT2D eigenvalue weighted by molar-refractivity contribution is 5.11. The van der Waals surface area contributed by atoms with Gasteiger partial charge in [0.1, 0.15) is 0 Å². The van der Waals surface area contributed by atoms with E-state index in [0.717, 1.165) is 24.5 Å². The van der Waals surface area contributed by atoms with Crippen molar-refractivity contribution in [2.45, 2.75) is 39.9 Å². The average molecular weight is 244 g/mol. The largest absolute Gasteiger partial charge is 0.303 e. The van der Waals surface area contributed by atoms with E-state index in [4.69, 9.17) is 0 Å². The average Bonchev–Trinajstić information content (AvgIpc) is 2.77. The van der Waals surface area contributed by atoms with Crippen LogP contribution in [0.2, 0.25) is 0 Å². The molecule has 0 saturated carbocycles. The Morgan fingerprint density at radius 2 is 2.22 bits per heavy atom. The van der Waals surface area contributed by atoms with Crippen molar-refractivity contribution in [1.29, 1.82) is 0 Å². The molecule has 2 aromatic heterocycles. The summed E-state index contributed by atoms with van der Waals surface area (Å²) in [5.41, 5.74) is 3.36. The van der Waals surface area contributed by atoms with Gasteiger partial charge in [-0.15, -0.1) is 0 Å². The molecule has 0 spiro atoms. The third kappa shape index (κ3) is 2.96. The third-order valence-corrected chi connectivity index (χ3v) is 3.01. The highest BCUT2D eigenvalue weighted by atomic mass is 15.3. The molecule has 0 saturated heterocycles. The number of nitrogens with zero attached hydrogens (tertiary/aromatic N) is 3.